The average Bonchev–Trinajstić information content (AvgIpc) is 3.17. The molecule has 0 aliphatic carbocycles. The third-order valence-electron chi connectivity index (χ3n) is 4.91. The Bertz CT molecular complexity index is 573. The summed E-state index contributed by atoms with van der Waals surface area (Å²) in [6.07, 6.45) is -0.357. The quantitative estimate of drug-likeness (QED) is 0.352. The average molecular weight is 388 g/mol. The van der Waals surface area contributed by atoms with Gasteiger partial charge in [-0.25, -0.2) is 0 Å². The molecule has 1 spiro atoms. The lowest BCUT2D eigenvalue weighted by Crippen LogP contribution is -2.57. The highest BCUT2D eigenvalue weighted by atomic mass is 32.2. The van der Waals surface area contributed by atoms with E-state index in [2.05, 4.69) is 10.6 Å². The number of primary amides is 1. The predicted molar refractivity (Wildman–Crippen MR) is 98.9 cm³/mol. The van der Waals surface area contributed by atoms with Crippen LogP contribution in [-0.4, -0.2) is 75.7 Å². The van der Waals surface area contributed by atoms with Crippen LogP contribution in [0.4, 0.5) is 0 Å². The molecular formula is C16H29N5O4S. The van der Waals surface area contributed by atoms with E-state index in [1.807, 2.05) is 13.8 Å². The number of nitrogens with zero attached hydrogens (tertiary/aromatic N) is 1. The van der Waals surface area contributed by atoms with Crippen LogP contribution in [0.15, 0.2) is 0 Å². The van der Waals surface area contributed by atoms with Gasteiger partial charge in [0.05, 0.1) is 23.1 Å². The summed E-state index contributed by atoms with van der Waals surface area (Å²) in [7, 11) is 0. The molecule has 0 radical (unpaired) electrons. The van der Waals surface area contributed by atoms with Crippen molar-refractivity contribution in [3.63, 3.8) is 0 Å². The Balaban J connectivity index is 1.95. The van der Waals surface area contributed by atoms with Gasteiger partial charge in [0.15, 0.2) is 0 Å². The second-order valence-corrected chi connectivity index (χ2v) is 8.81. The van der Waals surface area contributed by atoms with Crippen LogP contribution < -0.4 is 22.1 Å². The maximum atomic E-state index is 12.4. The van der Waals surface area contributed by atoms with Gasteiger partial charge in [-0.15, -0.1) is 11.8 Å². The molecule has 0 saturated carbocycles. The van der Waals surface area contributed by atoms with Gasteiger partial charge in [-0.05, 0) is 19.3 Å². The van der Waals surface area contributed by atoms with Gasteiger partial charge in [0.2, 0.25) is 17.7 Å². The Labute approximate surface area is 157 Å². The number of rotatable bonds is 6. The fourth-order valence-corrected chi connectivity index (χ4v) is 4.60. The highest BCUT2D eigenvalue weighted by molar-refractivity contribution is 8.01. The van der Waals surface area contributed by atoms with Crippen molar-refractivity contribution >= 4 is 29.5 Å². The standard InChI is InChI=1S/C16H29N5O4S/c1-8(2)11(17)15(25)21-5-4-16(7-21)20-10(6-26-16)14(24)19-12(9(3)22)13(18)23/h8-12,20,22H,4-7,17H2,1-3H3,(H2,18,23)(H,19,24)/t9-,10+,11+,12+,16?/m1/s1. The fourth-order valence-electron chi connectivity index (χ4n) is 3.17. The molecule has 9 nitrogen and oxygen atoms in total. The molecule has 0 aromatic carbocycles. The molecule has 0 aromatic rings. The molecule has 10 heteroatoms. The Morgan fingerprint density at radius 1 is 1.35 bits per heavy atom. The summed E-state index contributed by atoms with van der Waals surface area (Å²) in [5, 5.41) is 15.4. The molecule has 26 heavy (non-hydrogen) atoms. The molecule has 5 atom stereocenters. The first kappa shape index (κ1) is 20.9. The van der Waals surface area contributed by atoms with Crippen molar-refractivity contribution in [3.05, 3.63) is 0 Å². The lowest BCUT2D eigenvalue weighted by atomic mass is 10.0. The largest absolute Gasteiger partial charge is 0.391 e. The minimum atomic E-state index is -1.13. The number of nitrogens with two attached hydrogens (primary N) is 2. The minimum absolute atomic E-state index is 0.0629. The smallest absolute Gasteiger partial charge is 0.242 e. The molecule has 0 aromatic heterocycles. The summed E-state index contributed by atoms with van der Waals surface area (Å²) < 4.78 is 0. The fraction of sp³-hybridized carbons (Fsp3) is 0.812. The van der Waals surface area contributed by atoms with Crippen LogP contribution in [-0.2, 0) is 14.4 Å². The van der Waals surface area contributed by atoms with Gasteiger partial charge in [0.1, 0.15) is 6.04 Å². The van der Waals surface area contributed by atoms with Gasteiger partial charge in [-0.2, -0.15) is 0 Å². The van der Waals surface area contributed by atoms with E-state index in [0.717, 1.165) is 0 Å². The third kappa shape index (κ3) is 4.48. The van der Waals surface area contributed by atoms with Crippen molar-refractivity contribution in [2.45, 2.75) is 56.3 Å². The van der Waals surface area contributed by atoms with Crippen LogP contribution >= 0.6 is 11.8 Å². The van der Waals surface area contributed by atoms with Gasteiger partial charge in [-0.3, -0.25) is 19.7 Å². The minimum Gasteiger partial charge on any atom is -0.391 e. The number of carbonyl (C=O) groups excluding carboxylic acids is 3. The topological polar surface area (TPSA) is 151 Å². The molecule has 0 bridgehead atoms. The Morgan fingerprint density at radius 3 is 2.54 bits per heavy atom. The van der Waals surface area contributed by atoms with Gasteiger partial charge in [0, 0.05) is 18.8 Å². The molecule has 2 aliphatic heterocycles. The van der Waals surface area contributed by atoms with Gasteiger partial charge in [-0.1, -0.05) is 13.8 Å². The number of aliphatic hydroxyl groups excluding tert-OH is 1. The van der Waals surface area contributed by atoms with E-state index in [0.29, 0.717) is 25.3 Å². The van der Waals surface area contributed by atoms with Crippen molar-refractivity contribution in [3.8, 4) is 0 Å². The summed E-state index contributed by atoms with van der Waals surface area (Å²) in [5.74, 6) is -0.671. The normalized spacial score (nSPS) is 29.0. The summed E-state index contributed by atoms with van der Waals surface area (Å²) in [6, 6.07) is -2.18. The van der Waals surface area contributed by atoms with Crippen LogP contribution in [0.2, 0.25) is 0 Å². The predicted octanol–water partition coefficient (Wildman–Crippen LogP) is -2.05. The van der Waals surface area contributed by atoms with E-state index in [1.165, 1.54) is 6.92 Å². The molecule has 2 rings (SSSR count). The maximum absolute atomic E-state index is 12.4. The maximum Gasteiger partial charge on any atom is 0.242 e. The highest BCUT2D eigenvalue weighted by Gasteiger charge is 2.48. The molecule has 3 amide bonds. The lowest BCUT2D eigenvalue weighted by molar-refractivity contribution is -0.132. The Kier molecular flexibility index (Phi) is 6.54. The highest BCUT2D eigenvalue weighted by Crippen LogP contribution is 2.38. The Morgan fingerprint density at radius 2 is 2.00 bits per heavy atom. The van der Waals surface area contributed by atoms with E-state index >= 15 is 0 Å². The van der Waals surface area contributed by atoms with E-state index in [4.69, 9.17) is 11.5 Å². The number of likely N-dealkylation sites (tertiary alicyclic amines) is 1. The number of amides is 3. The SMILES string of the molecule is CC(C)[C@H](N)C(=O)N1CCC2(C1)N[C@H](C(=O)N[C@H](C(N)=O)[C@@H](C)O)CS2. The number of thioether (sulfide) groups is 1. The van der Waals surface area contributed by atoms with Crippen molar-refractivity contribution in [1.82, 2.24) is 15.5 Å². The molecule has 1 unspecified atom stereocenters. The van der Waals surface area contributed by atoms with Gasteiger partial charge >= 0.3 is 0 Å². The van der Waals surface area contributed by atoms with Crippen LogP contribution in [0.25, 0.3) is 0 Å². The van der Waals surface area contributed by atoms with E-state index in [9.17, 15) is 19.5 Å². The number of carbonyl (C=O) groups is 3. The van der Waals surface area contributed by atoms with Crippen molar-refractivity contribution in [2.75, 3.05) is 18.8 Å². The summed E-state index contributed by atoms with van der Waals surface area (Å²) in [6.45, 7) is 6.29. The monoisotopic (exact) mass is 387 g/mol. The number of hydrogen-bond acceptors (Lipinski definition) is 7. The van der Waals surface area contributed by atoms with Gasteiger partial charge in [0.25, 0.3) is 0 Å². The zero-order chi connectivity index (χ0) is 19.6. The zero-order valence-electron chi connectivity index (χ0n) is 15.4. The number of aliphatic hydroxyl groups is 1. The van der Waals surface area contributed by atoms with Crippen LogP contribution in [0.1, 0.15) is 27.2 Å². The van der Waals surface area contributed by atoms with Crippen LogP contribution in [0, 0.1) is 5.92 Å². The molecule has 7 N–H and O–H groups in total. The van der Waals surface area contributed by atoms with Crippen molar-refractivity contribution < 1.29 is 19.5 Å². The first-order chi connectivity index (χ1) is 12.1. The van der Waals surface area contributed by atoms with Gasteiger partial charge < -0.3 is 26.8 Å². The number of nitrogens with one attached hydrogen (secondary N) is 2. The van der Waals surface area contributed by atoms with Crippen LogP contribution in [0.5, 0.6) is 0 Å². The zero-order valence-corrected chi connectivity index (χ0v) is 16.2. The molecule has 2 aliphatic rings. The van der Waals surface area contributed by atoms with E-state index in [1.54, 1.807) is 16.7 Å². The summed E-state index contributed by atoms with van der Waals surface area (Å²) in [5.41, 5.74) is 11.2. The molecule has 148 valence electrons. The van der Waals surface area contributed by atoms with E-state index in [-0.39, 0.29) is 22.6 Å². The summed E-state index contributed by atoms with van der Waals surface area (Å²) >= 11 is 1.59. The third-order valence-corrected chi connectivity index (χ3v) is 6.42. The van der Waals surface area contributed by atoms with Crippen molar-refractivity contribution in [1.29, 1.82) is 0 Å². The molecule has 2 heterocycles. The molecule has 2 saturated heterocycles. The first-order valence-electron chi connectivity index (χ1n) is 8.80. The lowest BCUT2D eigenvalue weighted by Gasteiger charge is -2.27. The van der Waals surface area contributed by atoms with Crippen LogP contribution in [0.3, 0.4) is 0 Å². The van der Waals surface area contributed by atoms with E-state index < -0.39 is 30.1 Å². The molecule has 2 fully saturated rings. The second-order valence-electron chi connectivity index (χ2n) is 7.41. The summed E-state index contributed by atoms with van der Waals surface area (Å²) in [4.78, 5) is 37.6. The first-order valence-corrected chi connectivity index (χ1v) is 9.78. The second kappa shape index (κ2) is 8.12. The molecular weight excluding hydrogens is 358 g/mol. The number of hydrogen-bond donors (Lipinski definition) is 5. The Hall–Kier alpha value is -1.36. The van der Waals surface area contributed by atoms with Crippen molar-refractivity contribution in [2.24, 2.45) is 17.4 Å².